The third kappa shape index (κ3) is 7.18. The van der Waals surface area contributed by atoms with Crippen LogP contribution in [0.2, 0.25) is 0 Å². The zero-order valence-corrected chi connectivity index (χ0v) is 24.7. The van der Waals surface area contributed by atoms with Gasteiger partial charge in [0.05, 0.1) is 42.1 Å². The Bertz CT molecular complexity index is 1590. The fraction of sp³-hybridized carbons (Fsp3) is 0.364. The SMILES string of the molecule is COc1ccc2nc(-c3cccc(C(F)(F)F)c3)c(CN3CCC(NCCO)CC3)c(C(=O)NC(C)c3ccccc3)c2n1. The Morgan fingerprint density at radius 1 is 1.07 bits per heavy atom. The summed E-state index contributed by atoms with van der Waals surface area (Å²) in [5, 5.41) is 15.6. The molecule has 4 aromatic rings. The number of carbonyl (C=O) groups excluding carboxylic acids is 1. The number of amides is 1. The Hall–Kier alpha value is -4.06. The zero-order valence-electron chi connectivity index (χ0n) is 24.7. The predicted octanol–water partition coefficient (Wildman–Crippen LogP) is 5.36. The van der Waals surface area contributed by atoms with Crippen LogP contribution in [0, 0.1) is 0 Å². The smallest absolute Gasteiger partial charge is 0.416 e. The molecule has 44 heavy (non-hydrogen) atoms. The van der Waals surface area contributed by atoms with E-state index in [-0.39, 0.29) is 42.2 Å². The molecule has 3 heterocycles. The largest absolute Gasteiger partial charge is 0.481 e. The lowest BCUT2D eigenvalue weighted by Crippen LogP contribution is -2.43. The van der Waals surface area contributed by atoms with Crippen molar-refractivity contribution in [2.75, 3.05) is 33.4 Å². The number of carbonyl (C=O) groups is 1. The number of nitrogens with zero attached hydrogens (tertiary/aromatic N) is 3. The molecule has 3 N–H and O–H groups in total. The first-order chi connectivity index (χ1) is 21.2. The standard InChI is InChI=1S/C33H36F3N5O3/c1-21(22-7-4-3-5-8-22)38-32(43)29-26(20-41-16-13-25(14-17-41)37-15-18-42)30(23-9-6-10-24(19-23)33(34,35)36)39-27-11-12-28(44-2)40-31(27)29/h3-12,19,21,25,37,42H,13-18,20H2,1-2H3,(H,38,43). The van der Waals surface area contributed by atoms with Gasteiger partial charge in [-0.15, -0.1) is 0 Å². The molecule has 2 aromatic carbocycles. The number of aromatic nitrogens is 2. The van der Waals surface area contributed by atoms with Crippen molar-refractivity contribution in [2.45, 2.75) is 44.6 Å². The maximum atomic E-state index is 14.2. The van der Waals surface area contributed by atoms with E-state index in [1.54, 1.807) is 18.2 Å². The Kier molecular flexibility index (Phi) is 9.77. The highest BCUT2D eigenvalue weighted by molar-refractivity contribution is 6.08. The number of pyridine rings is 2. The summed E-state index contributed by atoms with van der Waals surface area (Å²) in [7, 11) is 1.48. The lowest BCUT2D eigenvalue weighted by atomic mass is 9.95. The van der Waals surface area contributed by atoms with Gasteiger partial charge in [-0.2, -0.15) is 13.2 Å². The van der Waals surface area contributed by atoms with Crippen molar-refractivity contribution in [3.63, 3.8) is 0 Å². The number of likely N-dealkylation sites (tertiary alicyclic amines) is 1. The maximum Gasteiger partial charge on any atom is 0.416 e. The molecule has 1 atom stereocenters. The molecular formula is C33H36F3N5O3. The fourth-order valence-corrected chi connectivity index (χ4v) is 5.63. The molecule has 11 heteroatoms. The second-order valence-electron chi connectivity index (χ2n) is 10.9. The lowest BCUT2D eigenvalue weighted by molar-refractivity contribution is -0.137. The van der Waals surface area contributed by atoms with Gasteiger partial charge in [0.1, 0.15) is 5.52 Å². The van der Waals surface area contributed by atoms with Crippen molar-refractivity contribution in [1.29, 1.82) is 0 Å². The quantitative estimate of drug-likeness (QED) is 0.223. The second kappa shape index (κ2) is 13.7. The van der Waals surface area contributed by atoms with Crippen molar-refractivity contribution in [2.24, 2.45) is 0 Å². The minimum absolute atomic E-state index is 0.0552. The molecule has 1 fully saturated rings. The second-order valence-corrected chi connectivity index (χ2v) is 10.9. The van der Waals surface area contributed by atoms with Crippen molar-refractivity contribution >= 4 is 16.9 Å². The number of aliphatic hydroxyl groups excluding tert-OH is 1. The Morgan fingerprint density at radius 2 is 1.82 bits per heavy atom. The number of halogens is 3. The summed E-state index contributed by atoms with van der Waals surface area (Å²) in [6, 6.07) is 17.7. The van der Waals surface area contributed by atoms with Crippen LogP contribution in [0.25, 0.3) is 22.3 Å². The van der Waals surface area contributed by atoms with Crippen LogP contribution in [-0.2, 0) is 12.7 Å². The highest BCUT2D eigenvalue weighted by atomic mass is 19.4. The summed E-state index contributed by atoms with van der Waals surface area (Å²) in [4.78, 5) is 25.8. The van der Waals surface area contributed by atoms with Crippen LogP contribution in [0.4, 0.5) is 13.2 Å². The number of fused-ring (bicyclic) bond motifs is 1. The maximum absolute atomic E-state index is 14.2. The van der Waals surface area contributed by atoms with E-state index in [2.05, 4.69) is 20.5 Å². The molecule has 232 valence electrons. The monoisotopic (exact) mass is 607 g/mol. The molecule has 0 saturated carbocycles. The van der Waals surface area contributed by atoms with Gasteiger partial charge in [-0.25, -0.2) is 9.97 Å². The van der Waals surface area contributed by atoms with Gasteiger partial charge in [-0.05, 0) is 56.6 Å². The molecule has 8 nitrogen and oxygen atoms in total. The lowest BCUT2D eigenvalue weighted by Gasteiger charge is -2.33. The van der Waals surface area contributed by atoms with Gasteiger partial charge < -0.3 is 20.5 Å². The molecule has 0 aliphatic carbocycles. The average Bonchev–Trinajstić information content (AvgIpc) is 3.03. The van der Waals surface area contributed by atoms with Crippen molar-refractivity contribution in [1.82, 2.24) is 25.5 Å². The Balaban J connectivity index is 1.64. The zero-order chi connectivity index (χ0) is 31.3. The van der Waals surface area contributed by atoms with E-state index in [1.165, 1.54) is 13.2 Å². The number of piperidine rings is 1. The van der Waals surface area contributed by atoms with Crippen LogP contribution in [-0.4, -0.2) is 65.3 Å². The van der Waals surface area contributed by atoms with Gasteiger partial charge in [0.15, 0.2) is 0 Å². The molecule has 0 radical (unpaired) electrons. The average molecular weight is 608 g/mol. The Labute approximate surface area is 254 Å². The van der Waals surface area contributed by atoms with E-state index in [4.69, 9.17) is 9.72 Å². The molecule has 5 rings (SSSR count). The highest BCUT2D eigenvalue weighted by Gasteiger charge is 2.32. The van der Waals surface area contributed by atoms with E-state index in [0.29, 0.717) is 41.9 Å². The number of aliphatic hydroxyl groups is 1. The van der Waals surface area contributed by atoms with Crippen molar-refractivity contribution in [3.8, 4) is 17.1 Å². The first kappa shape index (κ1) is 31.4. The van der Waals surface area contributed by atoms with E-state index in [1.807, 2.05) is 37.3 Å². The van der Waals surface area contributed by atoms with E-state index >= 15 is 0 Å². The predicted molar refractivity (Wildman–Crippen MR) is 162 cm³/mol. The minimum Gasteiger partial charge on any atom is -0.481 e. The molecule has 2 aromatic heterocycles. The van der Waals surface area contributed by atoms with Crippen LogP contribution in [0.1, 0.15) is 52.9 Å². The summed E-state index contributed by atoms with van der Waals surface area (Å²) in [6.07, 6.45) is -2.91. The van der Waals surface area contributed by atoms with E-state index in [9.17, 15) is 23.1 Å². The van der Waals surface area contributed by atoms with Gasteiger partial charge in [0.2, 0.25) is 5.88 Å². The molecular weight excluding hydrogens is 571 g/mol. The first-order valence-electron chi connectivity index (χ1n) is 14.7. The fourth-order valence-electron chi connectivity index (χ4n) is 5.63. The van der Waals surface area contributed by atoms with Crippen LogP contribution >= 0.6 is 0 Å². The molecule has 0 bridgehead atoms. The number of nitrogens with one attached hydrogen (secondary N) is 2. The highest BCUT2D eigenvalue weighted by Crippen LogP contribution is 2.36. The first-order valence-corrected chi connectivity index (χ1v) is 14.7. The number of methoxy groups -OCH3 is 1. The molecule has 1 aliphatic rings. The number of benzene rings is 2. The van der Waals surface area contributed by atoms with Crippen LogP contribution in [0.3, 0.4) is 0 Å². The third-order valence-electron chi connectivity index (χ3n) is 7.97. The van der Waals surface area contributed by atoms with Crippen LogP contribution in [0.5, 0.6) is 5.88 Å². The molecule has 1 aliphatic heterocycles. The summed E-state index contributed by atoms with van der Waals surface area (Å²) >= 11 is 0. The molecule has 0 spiro atoms. The van der Waals surface area contributed by atoms with Crippen LogP contribution < -0.4 is 15.4 Å². The van der Waals surface area contributed by atoms with Gasteiger partial charge in [0.25, 0.3) is 5.91 Å². The molecule has 1 amide bonds. The normalized spacial score (nSPS) is 15.3. The van der Waals surface area contributed by atoms with Gasteiger partial charge in [-0.3, -0.25) is 9.69 Å². The van der Waals surface area contributed by atoms with Crippen molar-refractivity contribution in [3.05, 3.63) is 89.0 Å². The minimum atomic E-state index is -4.54. The van der Waals surface area contributed by atoms with Gasteiger partial charge in [0, 0.05) is 36.3 Å². The number of hydrogen-bond acceptors (Lipinski definition) is 7. The summed E-state index contributed by atoms with van der Waals surface area (Å²) < 4.78 is 46.8. The van der Waals surface area contributed by atoms with E-state index < -0.39 is 17.6 Å². The molecule has 1 unspecified atom stereocenters. The number of ether oxygens (including phenoxy) is 1. The summed E-state index contributed by atoms with van der Waals surface area (Å²) in [5.41, 5.74) is 2.10. The molecule has 1 saturated heterocycles. The third-order valence-corrected chi connectivity index (χ3v) is 7.97. The topological polar surface area (TPSA) is 99.6 Å². The number of rotatable bonds is 10. The Morgan fingerprint density at radius 3 is 2.50 bits per heavy atom. The van der Waals surface area contributed by atoms with Crippen molar-refractivity contribution < 1.29 is 27.8 Å². The van der Waals surface area contributed by atoms with Gasteiger partial charge >= 0.3 is 6.18 Å². The number of hydrogen-bond donors (Lipinski definition) is 3. The van der Waals surface area contributed by atoms with E-state index in [0.717, 1.165) is 30.5 Å². The summed E-state index contributed by atoms with van der Waals surface area (Å²) in [5.74, 6) is -0.116. The van der Waals surface area contributed by atoms with Gasteiger partial charge in [-0.1, -0.05) is 42.5 Å². The number of alkyl halides is 3. The summed E-state index contributed by atoms with van der Waals surface area (Å²) in [6.45, 7) is 4.10. The van der Waals surface area contributed by atoms with Crippen LogP contribution in [0.15, 0.2) is 66.7 Å².